The molecule has 0 rings (SSSR count). The number of rotatable bonds is 4. The Kier molecular flexibility index (Phi) is 3.97. The third-order valence-electron chi connectivity index (χ3n) is 1.58. The quantitative estimate of drug-likeness (QED) is 0.667. The van der Waals surface area contributed by atoms with Crippen LogP contribution in [0.5, 0.6) is 0 Å². The first-order valence-electron chi connectivity index (χ1n) is 4.15. The molecule has 11 heavy (non-hydrogen) atoms. The van der Waals surface area contributed by atoms with E-state index in [0.29, 0.717) is 0 Å². The fourth-order valence-corrected chi connectivity index (χ4v) is 3.39. The van der Waals surface area contributed by atoms with Gasteiger partial charge < -0.3 is 9.59 Å². The SMILES string of the molecule is C[Si](C)(O)CCC[Si](C)(C)O. The van der Waals surface area contributed by atoms with Gasteiger partial charge in [0.05, 0.1) is 0 Å². The fraction of sp³-hybridized carbons (Fsp3) is 1.00. The molecule has 0 bridgehead atoms. The molecule has 0 saturated carbocycles. The first kappa shape index (κ1) is 11.4. The Morgan fingerprint density at radius 1 is 0.818 bits per heavy atom. The third-order valence-corrected chi connectivity index (χ3v) is 4.73. The highest BCUT2D eigenvalue weighted by atomic mass is 28.4. The largest absolute Gasteiger partial charge is 0.432 e. The van der Waals surface area contributed by atoms with Crippen molar-refractivity contribution >= 4 is 16.6 Å². The second kappa shape index (κ2) is 3.84. The van der Waals surface area contributed by atoms with E-state index in [0.717, 1.165) is 18.5 Å². The van der Waals surface area contributed by atoms with Crippen LogP contribution in [0.15, 0.2) is 0 Å². The summed E-state index contributed by atoms with van der Waals surface area (Å²) >= 11 is 0. The molecule has 0 radical (unpaired) electrons. The molecule has 0 aromatic carbocycles. The molecule has 2 nitrogen and oxygen atoms in total. The van der Waals surface area contributed by atoms with Crippen LogP contribution in [0.25, 0.3) is 0 Å². The summed E-state index contributed by atoms with van der Waals surface area (Å²) in [4.78, 5) is 19.0. The lowest BCUT2D eigenvalue weighted by molar-refractivity contribution is 0.534. The molecule has 0 spiro atoms. The zero-order valence-corrected chi connectivity index (χ0v) is 10.0. The minimum atomic E-state index is -1.85. The van der Waals surface area contributed by atoms with Gasteiger partial charge in [-0.1, -0.05) is 6.42 Å². The predicted molar refractivity (Wildman–Crippen MR) is 53.6 cm³/mol. The summed E-state index contributed by atoms with van der Waals surface area (Å²) in [5.74, 6) is 0. The number of hydrogen-bond donors (Lipinski definition) is 2. The van der Waals surface area contributed by atoms with Crippen molar-refractivity contribution in [1.29, 1.82) is 0 Å². The molecule has 0 atom stereocenters. The van der Waals surface area contributed by atoms with E-state index in [1.165, 1.54) is 0 Å². The maximum absolute atomic E-state index is 9.49. The van der Waals surface area contributed by atoms with E-state index in [1.54, 1.807) is 0 Å². The molecule has 0 unspecified atom stereocenters. The van der Waals surface area contributed by atoms with Gasteiger partial charge in [-0.05, 0) is 38.3 Å². The molecule has 4 heteroatoms. The zero-order chi connectivity index (χ0) is 9.12. The highest BCUT2D eigenvalue weighted by molar-refractivity contribution is 6.71. The fourth-order valence-electron chi connectivity index (χ4n) is 0.954. The van der Waals surface area contributed by atoms with Gasteiger partial charge in [-0.15, -0.1) is 0 Å². The average Bonchev–Trinajstić information content (AvgIpc) is 1.55. The smallest absolute Gasteiger partial charge is 0.182 e. The summed E-state index contributed by atoms with van der Waals surface area (Å²) in [6.07, 6.45) is 0.992. The van der Waals surface area contributed by atoms with E-state index >= 15 is 0 Å². The maximum atomic E-state index is 9.49. The second-order valence-corrected chi connectivity index (χ2v) is 12.7. The Morgan fingerprint density at radius 3 is 1.27 bits per heavy atom. The predicted octanol–water partition coefficient (Wildman–Crippen LogP) is 1.77. The van der Waals surface area contributed by atoms with Crippen LogP contribution in [0, 0.1) is 0 Å². The highest BCUT2D eigenvalue weighted by Gasteiger charge is 2.20. The highest BCUT2D eigenvalue weighted by Crippen LogP contribution is 2.15. The van der Waals surface area contributed by atoms with Crippen LogP contribution in [0.1, 0.15) is 6.42 Å². The van der Waals surface area contributed by atoms with Crippen molar-refractivity contribution in [3.63, 3.8) is 0 Å². The van der Waals surface area contributed by atoms with Gasteiger partial charge in [-0.25, -0.2) is 0 Å². The van der Waals surface area contributed by atoms with Crippen molar-refractivity contribution in [3.05, 3.63) is 0 Å². The van der Waals surface area contributed by atoms with E-state index in [2.05, 4.69) is 0 Å². The van der Waals surface area contributed by atoms with Crippen molar-refractivity contribution in [1.82, 2.24) is 0 Å². The molecular formula is C7H20O2Si2. The van der Waals surface area contributed by atoms with Crippen LogP contribution < -0.4 is 0 Å². The van der Waals surface area contributed by atoms with Crippen molar-refractivity contribution in [2.24, 2.45) is 0 Å². The topological polar surface area (TPSA) is 40.5 Å². The van der Waals surface area contributed by atoms with Crippen LogP contribution in [-0.2, 0) is 0 Å². The standard InChI is InChI=1S/C7H20O2Si2/c1-10(2,8)6-5-7-11(3,4)9/h8-9H,5-7H2,1-4H3. The van der Waals surface area contributed by atoms with Crippen LogP contribution in [0.4, 0.5) is 0 Å². The second-order valence-electron chi connectivity index (χ2n) is 4.48. The van der Waals surface area contributed by atoms with Crippen LogP contribution >= 0.6 is 0 Å². The molecule has 2 N–H and O–H groups in total. The lowest BCUT2D eigenvalue weighted by Gasteiger charge is -2.17. The Labute approximate surface area is 71.5 Å². The molecule has 68 valence electrons. The monoisotopic (exact) mass is 192 g/mol. The lowest BCUT2D eigenvalue weighted by atomic mass is 10.6. The minimum Gasteiger partial charge on any atom is -0.432 e. The minimum absolute atomic E-state index is 0.921. The summed E-state index contributed by atoms with van der Waals surface area (Å²) in [6.45, 7) is 7.77. The van der Waals surface area contributed by atoms with Gasteiger partial charge in [-0.3, -0.25) is 0 Å². The van der Waals surface area contributed by atoms with Gasteiger partial charge in [0.2, 0.25) is 0 Å². The van der Waals surface area contributed by atoms with Crippen molar-refractivity contribution in [2.75, 3.05) is 0 Å². The van der Waals surface area contributed by atoms with Crippen molar-refractivity contribution in [2.45, 2.75) is 44.7 Å². The van der Waals surface area contributed by atoms with E-state index in [9.17, 15) is 9.59 Å². The summed E-state index contributed by atoms with van der Waals surface area (Å²) in [6, 6.07) is 1.84. The summed E-state index contributed by atoms with van der Waals surface area (Å²) in [5.41, 5.74) is 0. The van der Waals surface area contributed by atoms with E-state index in [4.69, 9.17) is 0 Å². The van der Waals surface area contributed by atoms with Gasteiger partial charge >= 0.3 is 0 Å². The van der Waals surface area contributed by atoms with Gasteiger partial charge in [0.15, 0.2) is 16.6 Å². The molecule has 0 aromatic rings. The van der Waals surface area contributed by atoms with Crippen LogP contribution in [-0.4, -0.2) is 26.2 Å². The Morgan fingerprint density at radius 2 is 1.09 bits per heavy atom. The molecule has 0 aliphatic rings. The normalized spacial score (nSPS) is 13.6. The Balaban J connectivity index is 3.44. The van der Waals surface area contributed by atoms with Gasteiger partial charge in [0.25, 0.3) is 0 Å². The lowest BCUT2D eigenvalue weighted by Crippen LogP contribution is -2.28. The molecule has 0 aliphatic heterocycles. The molecule has 0 aliphatic carbocycles. The van der Waals surface area contributed by atoms with E-state index in [1.807, 2.05) is 26.2 Å². The first-order valence-corrected chi connectivity index (χ1v) is 10.5. The zero-order valence-electron chi connectivity index (χ0n) is 8.02. The summed E-state index contributed by atoms with van der Waals surface area (Å²) in [7, 11) is -3.69. The Bertz CT molecular complexity index is 98.6. The van der Waals surface area contributed by atoms with Gasteiger partial charge in [0.1, 0.15) is 0 Å². The molecular weight excluding hydrogens is 172 g/mol. The summed E-state index contributed by atoms with van der Waals surface area (Å²) in [5, 5.41) is 0. The third kappa shape index (κ3) is 10.4. The first-order chi connectivity index (χ1) is 4.71. The molecule has 0 saturated heterocycles. The van der Waals surface area contributed by atoms with Gasteiger partial charge in [0, 0.05) is 0 Å². The average molecular weight is 192 g/mol. The molecule has 0 fully saturated rings. The molecule has 0 heterocycles. The van der Waals surface area contributed by atoms with Crippen LogP contribution in [0.3, 0.4) is 0 Å². The van der Waals surface area contributed by atoms with E-state index in [-0.39, 0.29) is 0 Å². The van der Waals surface area contributed by atoms with E-state index < -0.39 is 16.6 Å². The Hall–Kier alpha value is 0.354. The maximum Gasteiger partial charge on any atom is 0.182 e. The molecule has 0 amide bonds. The molecule has 0 aromatic heterocycles. The van der Waals surface area contributed by atoms with Crippen LogP contribution in [0.2, 0.25) is 38.3 Å². The van der Waals surface area contributed by atoms with Crippen molar-refractivity contribution in [3.8, 4) is 0 Å². The van der Waals surface area contributed by atoms with Gasteiger partial charge in [-0.2, -0.15) is 0 Å². The summed E-state index contributed by atoms with van der Waals surface area (Å²) < 4.78 is 0. The van der Waals surface area contributed by atoms with Crippen molar-refractivity contribution < 1.29 is 9.59 Å². The number of hydrogen-bond acceptors (Lipinski definition) is 2.